The van der Waals surface area contributed by atoms with Crippen LogP contribution in [0, 0.1) is 11.3 Å². The predicted octanol–water partition coefficient (Wildman–Crippen LogP) is 0.898. The summed E-state index contributed by atoms with van der Waals surface area (Å²) in [6, 6.07) is 2.00. The van der Waals surface area contributed by atoms with Gasteiger partial charge in [-0.05, 0) is 25.7 Å². The SMILES string of the molecule is N#CCn1ccn2nc3c(c2c1=O)CCCC3. The molecule has 86 valence electrons. The number of fused-ring (bicyclic) bond motifs is 3. The molecule has 1 aliphatic rings. The van der Waals surface area contributed by atoms with Crippen LogP contribution in [0.5, 0.6) is 0 Å². The van der Waals surface area contributed by atoms with Crippen LogP contribution in [0.15, 0.2) is 17.2 Å². The van der Waals surface area contributed by atoms with Gasteiger partial charge >= 0.3 is 0 Å². The number of rotatable bonds is 1. The predicted molar refractivity (Wildman–Crippen MR) is 61.7 cm³/mol. The number of aromatic nitrogens is 3. The Bertz CT molecular complexity index is 674. The van der Waals surface area contributed by atoms with Crippen LogP contribution in [0.4, 0.5) is 0 Å². The number of aryl methyl sites for hydroxylation is 2. The van der Waals surface area contributed by atoms with Crippen molar-refractivity contribution in [3.05, 3.63) is 34.0 Å². The summed E-state index contributed by atoms with van der Waals surface area (Å²) in [7, 11) is 0. The fourth-order valence-corrected chi connectivity index (χ4v) is 2.46. The van der Waals surface area contributed by atoms with E-state index in [1.807, 2.05) is 6.07 Å². The van der Waals surface area contributed by atoms with E-state index in [0.29, 0.717) is 5.52 Å². The maximum Gasteiger partial charge on any atom is 0.277 e. The monoisotopic (exact) mass is 228 g/mol. The minimum atomic E-state index is -0.107. The zero-order chi connectivity index (χ0) is 11.8. The summed E-state index contributed by atoms with van der Waals surface area (Å²) >= 11 is 0. The molecule has 0 radical (unpaired) electrons. The highest BCUT2D eigenvalue weighted by atomic mass is 16.1. The van der Waals surface area contributed by atoms with E-state index in [1.165, 1.54) is 4.57 Å². The van der Waals surface area contributed by atoms with Crippen LogP contribution in [0.1, 0.15) is 24.1 Å². The Balaban J connectivity index is 2.31. The molecule has 0 fully saturated rings. The van der Waals surface area contributed by atoms with Gasteiger partial charge in [0.25, 0.3) is 5.56 Å². The van der Waals surface area contributed by atoms with E-state index in [-0.39, 0.29) is 12.1 Å². The van der Waals surface area contributed by atoms with Gasteiger partial charge in [-0.25, -0.2) is 4.52 Å². The van der Waals surface area contributed by atoms with Gasteiger partial charge in [0, 0.05) is 18.0 Å². The van der Waals surface area contributed by atoms with Crippen molar-refractivity contribution in [2.75, 3.05) is 0 Å². The van der Waals surface area contributed by atoms with E-state index >= 15 is 0 Å². The molecule has 0 unspecified atom stereocenters. The molecule has 0 aliphatic heterocycles. The second-order valence-corrected chi connectivity index (χ2v) is 4.31. The summed E-state index contributed by atoms with van der Waals surface area (Å²) in [6.45, 7) is 0.0925. The molecule has 5 nitrogen and oxygen atoms in total. The first-order valence-electron chi connectivity index (χ1n) is 5.78. The summed E-state index contributed by atoms with van der Waals surface area (Å²) in [6.07, 6.45) is 7.51. The molecule has 17 heavy (non-hydrogen) atoms. The van der Waals surface area contributed by atoms with Crippen LogP contribution in [-0.2, 0) is 19.4 Å². The second kappa shape index (κ2) is 3.74. The molecule has 3 rings (SSSR count). The van der Waals surface area contributed by atoms with E-state index in [2.05, 4.69) is 5.10 Å². The lowest BCUT2D eigenvalue weighted by atomic mass is 9.97. The Morgan fingerprint density at radius 2 is 2.18 bits per heavy atom. The van der Waals surface area contributed by atoms with Gasteiger partial charge in [0.15, 0.2) is 0 Å². The Kier molecular flexibility index (Phi) is 2.22. The zero-order valence-electron chi connectivity index (χ0n) is 9.39. The topological polar surface area (TPSA) is 63.1 Å². The second-order valence-electron chi connectivity index (χ2n) is 4.31. The van der Waals surface area contributed by atoms with Gasteiger partial charge in [0.2, 0.25) is 0 Å². The highest BCUT2D eigenvalue weighted by Crippen LogP contribution is 2.22. The third-order valence-electron chi connectivity index (χ3n) is 3.27. The van der Waals surface area contributed by atoms with Crippen LogP contribution in [0.2, 0.25) is 0 Å². The van der Waals surface area contributed by atoms with E-state index in [0.717, 1.165) is 36.9 Å². The van der Waals surface area contributed by atoms with E-state index in [1.54, 1.807) is 16.9 Å². The maximum atomic E-state index is 12.2. The fourth-order valence-electron chi connectivity index (χ4n) is 2.46. The highest BCUT2D eigenvalue weighted by molar-refractivity contribution is 5.55. The van der Waals surface area contributed by atoms with Crippen molar-refractivity contribution in [1.29, 1.82) is 5.26 Å². The van der Waals surface area contributed by atoms with Crippen molar-refractivity contribution < 1.29 is 0 Å². The van der Waals surface area contributed by atoms with Crippen LogP contribution in [0.3, 0.4) is 0 Å². The Hall–Kier alpha value is -2.09. The smallest absolute Gasteiger partial charge is 0.277 e. The first-order chi connectivity index (χ1) is 8.31. The highest BCUT2D eigenvalue weighted by Gasteiger charge is 2.19. The van der Waals surface area contributed by atoms with E-state index in [4.69, 9.17) is 5.26 Å². The molecule has 5 heteroatoms. The van der Waals surface area contributed by atoms with Crippen molar-refractivity contribution in [1.82, 2.24) is 14.2 Å². The molecular weight excluding hydrogens is 216 g/mol. The van der Waals surface area contributed by atoms with Crippen LogP contribution >= 0.6 is 0 Å². The van der Waals surface area contributed by atoms with Crippen LogP contribution < -0.4 is 5.56 Å². The summed E-state index contributed by atoms with van der Waals surface area (Å²) in [4.78, 5) is 12.2. The lowest BCUT2D eigenvalue weighted by Gasteiger charge is -2.08. The van der Waals surface area contributed by atoms with Crippen molar-refractivity contribution >= 4 is 5.52 Å². The molecule has 1 aliphatic carbocycles. The Labute approximate surface area is 97.9 Å². The van der Waals surface area contributed by atoms with Gasteiger partial charge in [-0.3, -0.25) is 9.36 Å². The summed E-state index contributed by atoms with van der Waals surface area (Å²) < 4.78 is 3.10. The lowest BCUT2D eigenvalue weighted by molar-refractivity contribution is 0.673. The maximum absolute atomic E-state index is 12.2. The molecule has 0 N–H and O–H groups in total. The fraction of sp³-hybridized carbons (Fsp3) is 0.417. The quantitative estimate of drug-likeness (QED) is 0.728. The van der Waals surface area contributed by atoms with Crippen molar-refractivity contribution in [2.24, 2.45) is 0 Å². The normalized spacial score (nSPS) is 14.5. The van der Waals surface area contributed by atoms with Crippen LogP contribution in [-0.4, -0.2) is 14.2 Å². The van der Waals surface area contributed by atoms with Crippen molar-refractivity contribution in [3.8, 4) is 6.07 Å². The largest absolute Gasteiger partial charge is 0.298 e. The first kappa shape index (κ1) is 10.1. The van der Waals surface area contributed by atoms with E-state index in [9.17, 15) is 4.79 Å². The number of hydrogen-bond donors (Lipinski definition) is 0. The average Bonchev–Trinajstić information content (AvgIpc) is 2.72. The molecular formula is C12H12N4O. The van der Waals surface area contributed by atoms with Gasteiger partial charge in [-0.1, -0.05) is 0 Å². The van der Waals surface area contributed by atoms with Crippen molar-refractivity contribution in [3.63, 3.8) is 0 Å². The Morgan fingerprint density at radius 3 is 3.00 bits per heavy atom. The molecule has 2 heterocycles. The van der Waals surface area contributed by atoms with Gasteiger partial charge in [-0.2, -0.15) is 10.4 Å². The van der Waals surface area contributed by atoms with Gasteiger partial charge in [0.05, 0.1) is 11.8 Å². The molecule has 0 amide bonds. The number of hydrogen-bond acceptors (Lipinski definition) is 3. The minimum Gasteiger partial charge on any atom is -0.298 e. The molecule has 0 saturated carbocycles. The lowest BCUT2D eigenvalue weighted by Crippen LogP contribution is -2.21. The summed E-state index contributed by atoms with van der Waals surface area (Å²) in [5.74, 6) is 0. The minimum absolute atomic E-state index is 0.0925. The van der Waals surface area contributed by atoms with Crippen LogP contribution in [0.25, 0.3) is 5.52 Å². The summed E-state index contributed by atoms with van der Waals surface area (Å²) in [5, 5.41) is 13.1. The Morgan fingerprint density at radius 1 is 1.35 bits per heavy atom. The number of nitriles is 1. The molecule has 0 atom stereocenters. The molecule has 2 aromatic rings. The zero-order valence-corrected chi connectivity index (χ0v) is 9.39. The molecule has 0 saturated heterocycles. The molecule has 2 aromatic heterocycles. The third-order valence-corrected chi connectivity index (χ3v) is 3.27. The molecule has 0 spiro atoms. The number of nitrogens with zero attached hydrogens (tertiary/aromatic N) is 4. The van der Waals surface area contributed by atoms with Gasteiger partial charge in [-0.15, -0.1) is 0 Å². The average molecular weight is 228 g/mol. The third kappa shape index (κ3) is 1.45. The van der Waals surface area contributed by atoms with Crippen molar-refractivity contribution in [2.45, 2.75) is 32.2 Å². The van der Waals surface area contributed by atoms with Gasteiger partial charge in [0.1, 0.15) is 12.1 Å². The van der Waals surface area contributed by atoms with Gasteiger partial charge < -0.3 is 0 Å². The molecule has 0 aromatic carbocycles. The summed E-state index contributed by atoms with van der Waals surface area (Å²) in [5.41, 5.74) is 2.67. The standard InChI is InChI=1S/C12H12N4O/c13-5-6-15-7-8-16-11(12(15)17)9-3-1-2-4-10(9)14-16/h7-8H,1-4,6H2. The first-order valence-corrected chi connectivity index (χ1v) is 5.78. The molecule has 0 bridgehead atoms. The van der Waals surface area contributed by atoms with E-state index < -0.39 is 0 Å².